The van der Waals surface area contributed by atoms with E-state index in [1.165, 1.54) is 6.20 Å². The predicted molar refractivity (Wildman–Crippen MR) is 63.5 cm³/mol. The average Bonchev–Trinajstić information content (AvgIpc) is 2.49. The third-order valence-electron chi connectivity index (χ3n) is 2.37. The molecule has 1 heterocycles. The molecule has 1 aromatic rings. The van der Waals surface area contributed by atoms with Gasteiger partial charge in [-0.15, -0.1) is 0 Å². The van der Waals surface area contributed by atoms with E-state index in [2.05, 4.69) is 4.98 Å². The van der Waals surface area contributed by atoms with Crippen molar-refractivity contribution in [2.45, 2.75) is 13.0 Å². The quantitative estimate of drug-likeness (QED) is 0.713. The molecule has 4 nitrogen and oxygen atoms in total. The summed E-state index contributed by atoms with van der Waals surface area (Å²) in [6.45, 7) is 2.10. The van der Waals surface area contributed by atoms with Crippen molar-refractivity contribution in [3.63, 3.8) is 0 Å². The predicted octanol–water partition coefficient (Wildman–Crippen LogP) is -0.250. The Morgan fingerprint density at radius 3 is 3.18 bits per heavy atom. The molecule has 1 aliphatic carbocycles. The summed E-state index contributed by atoms with van der Waals surface area (Å²) >= 11 is 0. The molecule has 88 valence electrons. The summed E-state index contributed by atoms with van der Waals surface area (Å²) in [6, 6.07) is 1.71. The highest BCUT2D eigenvalue weighted by atomic mass is 16.5. The lowest BCUT2D eigenvalue weighted by Gasteiger charge is -2.01. The van der Waals surface area contributed by atoms with Crippen LogP contribution in [0.5, 0.6) is 0 Å². The zero-order chi connectivity index (χ0) is 12.3. The van der Waals surface area contributed by atoms with Crippen molar-refractivity contribution in [2.24, 2.45) is 0 Å². The van der Waals surface area contributed by atoms with Crippen molar-refractivity contribution >= 4 is 18.1 Å². The standard InChI is InChI=1S/C13H13NO3/c1-2-17-13(16)10-6-9-4-3-5-11(15)7-12(9)14-8-10/h3-8,11,15H,2H2,1H3. The number of aliphatic hydroxyl groups excluding tert-OH is 1. The van der Waals surface area contributed by atoms with Crippen LogP contribution in [0.4, 0.5) is 0 Å². The Kier molecular flexibility index (Phi) is 3.35. The number of aliphatic hydroxyl groups is 1. The number of hydrogen-bond donors (Lipinski definition) is 1. The molecule has 4 heteroatoms. The first-order valence-electron chi connectivity index (χ1n) is 5.42. The van der Waals surface area contributed by atoms with Gasteiger partial charge in [0, 0.05) is 11.4 Å². The molecular weight excluding hydrogens is 218 g/mol. The summed E-state index contributed by atoms with van der Waals surface area (Å²) in [5.41, 5.74) is 0.417. The molecule has 1 N–H and O–H groups in total. The number of aromatic nitrogens is 1. The second-order valence-electron chi connectivity index (χ2n) is 3.63. The first-order valence-corrected chi connectivity index (χ1v) is 5.42. The van der Waals surface area contributed by atoms with Crippen molar-refractivity contribution in [3.8, 4) is 0 Å². The normalized spacial score (nSPS) is 17.4. The Morgan fingerprint density at radius 1 is 1.59 bits per heavy atom. The lowest BCUT2D eigenvalue weighted by Crippen LogP contribution is -2.30. The molecular formula is C13H13NO3. The molecule has 1 aliphatic rings. The van der Waals surface area contributed by atoms with Gasteiger partial charge in [0.05, 0.1) is 23.6 Å². The van der Waals surface area contributed by atoms with Gasteiger partial charge in [-0.2, -0.15) is 0 Å². The highest BCUT2D eigenvalue weighted by molar-refractivity contribution is 5.89. The molecule has 1 unspecified atom stereocenters. The maximum absolute atomic E-state index is 11.5. The van der Waals surface area contributed by atoms with E-state index in [-0.39, 0.29) is 5.97 Å². The van der Waals surface area contributed by atoms with E-state index in [4.69, 9.17) is 4.74 Å². The van der Waals surface area contributed by atoms with Gasteiger partial charge in [-0.25, -0.2) is 4.79 Å². The van der Waals surface area contributed by atoms with Gasteiger partial charge < -0.3 is 9.84 Å². The topological polar surface area (TPSA) is 59.4 Å². The van der Waals surface area contributed by atoms with Crippen molar-refractivity contribution in [3.05, 3.63) is 40.5 Å². The number of pyridine rings is 1. The van der Waals surface area contributed by atoms with E-state index in [1.54, 1.807) is 37.3 Å². The maximum Gasteiger partial charge on any atom is 0.339 e. The van der Waals surface area contributed by atoms with Gasteiger partial charge in [0.1, 0.15) is 0 Å². The molecule has 1 aromatic heterocycles. The van der Waals surface area contributed by atoms with Gasteiger partial charge in [-0.05, 0) is 19.1 Å². The van der Waals surface area contributed by atoms with Crippen LogP contribution in [0.1, 0.15) is 17.3 Å². The van der Waals surface area contributed by atoms with Crippen molar-refractivity contribution in [1.29, 1.82) is 0 Å². The van der Waals surface area contributed by atoms with E-state index in [9.17, 15) is 9.90 Å². The minimum Gasteiger partial charge on any atom is -0.462 e. The molecule has 0 fully saturated rings. The zero-order valence-corrected chi connectivity index (χ0v) is 9.46. The fourth-order valence-electron chi connectivity index (χ4n) is 1.58. The summed E-state index contributed by atoms with van der Waals surface area (Å²) in [7, 11) is 0. The Bertz CT molecular complexity index is 575. The second-order valence-corrected chi connectivity index (χ2v) is 3.63. The minimum atomic E-state index is -0.645. The molecule has 2 rings (SSSR count). The summed E-state index contributed by atoms with van der Waals surface area (Å²) < 4.78 is 4.90. The Labute approximate surface area is 98.6 Å². The third kappa shape index (κ3) is 2.60. The van der Waals surface area contributed by atoms with Crippen molar-refractivity contribution < 1.29 is 14.6 Å². The Balaban J connectivity index is 2.48. The fourth-order valence-corrected chi connectivity index (χ4v) is 1.58. The highest BCUT2D eigenvalue weighted by Gasteiger charge is 2.07. The summed E-state index contributed by atoms with van der Waals surface area (Å²) in [6.07, 6.45) is 7.63. The second kappa shape index (κ2) is 4.93. The van der Waals surface area contributed by atoms with Gasteiger partial charge in [-0.3, -0.25) is 4.98 Å². The van der Waals surface area contributed by atoms with Crippen molar-refractivity contribution in [1.82, 2.24) is 4.98 Å². The number of nitrogens with zero attached hydrogens (tertiary/aromatic N) is 1. The first-order chi connectivity index (χ1) is 8.20. The number of carbonyl (C=O) groups is 1. The molecule has 0 radical (unpaired) electrons. The number of rotatable bonds is 2. The van der Waals surface area contributed by atoms with E-state index in [0.717, 1.165) is 5.22 Å². The van der Waals surface area contributed by atoms with Gasteiger partial charge in [0.2, 0.25) is 0 Å². The molecule has 0 aliphatic heterocycles. The molecule has 0 saturated heterocycles. The SMILES string of the molecule is CCOC(=O)c1cnc2c(c1)=CC=CC(O)C=2. The van der Waals surface area contributed by atoms with Gasteiger partial charge in [0.15, 0.2) is 0 Å². The number of hydrogen-bond acceptors (Lipinski definition) is 4. The maximum atomic E-state index is 11.5. The molecule has 1 atom stereocenters. The smallest absolute Gasteiger partial charge is 0.339 e. The molecule has 0 saturated carbocycles. The molecule has 0 spiro atoms. The summed E-state index contributed by atoms with van der Waals surface area (Å²) in [4.78, 5) is 15.7. The van der Waals surface area contributed by atoms with Crippen LogP contribution in [0.15, 0.2) is 24.4 Å². The van der Waals surface area contributed by atoms with Gasteiger partial charge in [-0.1, -0.05) is 18.2 Å². The lowest BCUT2D eigenvalue weighted by atomic mass is 10.2. The Morgan fingerprint density at radius 2 is 2.41 bits per heavy atom. The van der Waals surface area contributed by atoms with Crippen LogP contribution >= 0.6 is 0 Å². The largest absolute Gasteiger partial charge is 0.462 e. The van der Waals surface area contributed by atoms with Crippen LogP contribution in [0.3, 0.4) is 0 Å². The monoisotopic (exact) mass is 231 g/mol. The Hall–Kier alpha value is -1.94. The number of allylic oxidation sites excluding steroid dienone is 1. The third-order valence-corrected chi connectivity index (χ3v) is 2.37. The highest BCUT2D eigenvalue weighted by Crippen LogP contribution is 1.96. The summed E-state index contributed by atoms with van der Waals surface area (Å²) in [5, 5.41) is 11.0. The average molecular weight is 231 g/mol. The van der Waals surface area contributed by atoms with Crippen LogP contribution < -0.4 is 10.6 Å². The van der Waals surface area contributed by atoms with Crippen LogP contribution in [-0.4, -0.2) is 28.8 Å². The minimum absolute atomic E-state index is 0.338. The van der Waals surface area contributed by atoms with Crippen molar-refractivity contribution in [2.75, 3.05) is 6.61 Å². The fraction of sp³-hybridized carbons (Fsp3) is 0.231. The number of esters is 1. The van der Waals surface area contributed by atoms with E-state index in [0.29, 0.717) is 17.5 Å². The number of ether oxygens (including phenoxy) is 1. The molecule has 17 heavy (non-hydrogen) atoms. The van der Waals surface area contributed by atoms with Crippen LogP contribution in [-0.2, 0) is 4.74 Å². The van der Waals surface area contributed by atoms with Crippen LogP contribution in [0, 0.1) is 0 Å². The first kappa shape index (κ1) is 11.5. The van der Waals surface area contributed by atoms with E-state index < -0.39 is 6.10 Å². The molecule has 0 bridgehead atoms. The number of carbonyl (C=O) groups excluding carboxylic acids is 1. The summed E-state index contributed by atoms with van der Waals surface area (Å²) in [5.74, 6) is -0.384. The number of fused-ring (bicyclic) bond motifs is 1. The lowest BCUT2D eigenvalue weighted by molar-refractivity contribution is 0.0525. The molecule has 0 aromatic carbocycles. The zero-order valence-electron chi connectivity index (χ0n) is 9.46. The molecule has 0 amide bonds. The van der Waals surface area contributed by atoms with Gasteiger partial charge in [0.25, 0.3) is 0 Å². The van der Waals surface area contributed by atoms with Crippen LogP contribution in [0.2, 0.25) is 0 Å². The van der Waals surface area contributed by atoms with Crippen LogP contribution in [0.25, 0.3) is 12.2 Å². The van der Waals surface area contributed by atoms with E-state index >= 15 is 0 Å². The van der Waals surface area contributed by atoms with E-state index in [1.807, 2.05) is 0 Å². The van der Waals surface area contributed by atoms with Gasteiger partial charge >= 0.3 is 5.97 Å².